The van der Waals surface area contributed by atoms with Crippen LogP contribution in [0.3, 0.4) is 0 Å². The number of hydrogen-bond acceptors (Lipinski definition) is 3. The smallest absolute Gasteiger partial charge is 0.261 e. The lowest BCUT2D eigenvalue weighted by molar-refractivity contribution is 0.0948. The molecule has 0 aliphatic carbocycles. The van der Waals surface area contributed by atoms with E-state index >= 15 is 0 Å². The standard InChI is InChI=1S/C12H15Cl2NO3S/c1-7(2)6-15-12(16)10-4-9(19(14,17)18)5-11(13)8(10)3/h4-5,7H,6H2,1-3H3,(H,15,16). The Bertz CT molecular complexity index is 597. The summed E-state index contributed by atoms with van der Waals surface area (Å²) in [6, 6.07) is 2.47. The molecule has 0 atom stereocenters. The van der Waals surface area contributed by atoms with Crippen molar-refractivity contribution < 1.29 is 13.2 Å². The summed E-state index contributed by atoms with van der Waals surface area (Å²) < 4.78 is 22.6. The molecule has 0 aliphatic rings. The Kier molecular flexibility index (Phi) is 5.24. The van der Waals surface area contributed by atoms with Crippen molar-refractivity contribution in [2.45, 2.75) is 25.7 Å². The lowest BCUT2D eigenvalue weighted by atomic mass is 10.1. The van der Waals surface area contributed by atoms with Crippen molar-refractivity contribution in [1.82, 2.24) is 5.32 Å². The highest BCUT2D eigenvalue weighted by Crippen LogP contribution is 2.26. The van der Waals surface area contributed by atoms with Crippen LogP contribution in [0.4, 0.5) is 0 Å². The van der Waals surface area contributed by atoms with Gasteiger partial charge in [0.15, 0.2) is 0 Å². The van der Waals surface area contributed by atoms with E-state index in [2.05, 4.69) is 5.32 Å². The predicted octanol–water partition coefficient (Wildman–Crippen LogP) is 2.96. The van der Waals surface area contributed by atoms with Crippen LogP contribution in [0.2, 0.25) is 5.02 Å². The Morgan fingerprint density at radius 3 is 2.42 bits per heavy atom. The first kappa shape index (κ1) is 16.3. The molecule has 1 N–H and O–H groups in total. The van der Waals surface area contributed by atoms with Gasteiger partial charge in [-0.2, -0.15) is 0 Å². The highest BCUT2D eigenvalue weighted by atomic mass is 35.7. The second-order valence-corrected chi connectivity index (χ2v) is 7.59. The van der Waals surface area contributed by atoms with E-state index in [1.807, 2.05) is 13.8 Å². The van der Waals surface area contributed by atoms with Crippen LogP contribution in [0, 0.1) is 12.8 Å². The van der Waals surface area contributed by atoms with Crippen LogP contribution in [-0.2, 0) is 9.05 Å². The first-order valence-electron chi connectivity index (χ1n) is 5.66. The number of halogens is 2. The van der Waals surface area contributed by atoms with Crippen molar-refractivity contribution in [2.75, 3.05) is 6.54 Å². The molecule has 0 unspecified atom stereocenters. The summed E-state index contributed by atoms with van der Waals surface area (Å²) >= 11 is 5.93. The van der Waals surface area contributed by atoms with Crippen LogP contribution in [-0.4, -0.2) is 20.9 Å². The first-order chi connectivity index (χ1) is 8.62. The molecule has 1 rings (SSSR count). The Labute approximate surface area is 122 Å². The third kappa shape index (κ3) is 4.37. The SMILES string of the molecule is Cc1c(Cl)cc(S(=O)(=O)Cl)cc1C(=O)NCC(C)C. The maximum atomic E-state index is 12.0. The highest BCUT2D eigenvalue weighted by Gasteiger charge is 2.18. The quantitative estimate of drug-likeness (QED) is 0.866. The minimum Gasteiger partial charge on any atom is -0.352 e. The molecule has 0 bridgehead atoms. The maximum Gasteiger partial charge on any atom is 0.261 e. The molecule has 0 radical (unpaired) electrons. The van der Waals surface area contributed by atoms with E-state index in [9.17, 15) is 13.2 Å². The van der Waals surface area contributed by atoms with Crippen molar-refractivity contribution in [3.05, 3.63) is 28.3 Å². The number of carbonyl (C=O) groups is 1. The molecule has 19 heavy (non-hydrogen) atoms. The van der Waals surface area contributed by atoms with Gasteiger partial charge in [0.25, 0.3) is 15.0 Å². The maximum absolute atomic E-state index is 12.0. The van der Waals surface area contributed by atoms with E-state index in [4.69, 9.17) is 22.3 Å². The molecule has 0 aliphatic heterocycles. The van der Waals surface area contributed by atoms with Crippen LogP contribution in [0.5, 0.6) is 0 Å². The van der Waals surface area contributed by atoms with E-state index in [1.165, 1.54) is 12.1 Å². The third-order valence-electron chi connectivity index (χ3n) is 2.51. The van der Waals surface area contributed by atoms with Crippen LogP contribution in [0.25, 0.3) is 0 Å². The Balaban J connectivity index is 3.20. The molecule has 4 nitrogen and oxygen atoms in total. The van der Waals surface area contributed by atoms with Gasteiger partial charge in [0.2, 0.25) is 0 Å². The Morgan fingerprint density at radius 2 is 1.95 bits per heavy atom. The zero-order chi connectivity index (χ0) is 14.8. The Hall–Kier alpha value is -0.780. The zero-order valence-corrected chi connectivity index (χ0v) is 13.2. The molecule has 1 aromatic carbocycles. The summed E-state index contributed by atoms with van der Waals surface area (Å²) in [4.78, 5) is 11.8. The molecule has 0 saturated heterocycles. The average Bonchev–Trinajstić information content (AvgIpc) is 2.27. The van der Waals surface area contributed by atoms with Crippen molar-refractivity contribution in [1.29, 1.82) is 0 Å². The third-order valence-corrected chi connectivity index (χ3v) is 4.24. The van der Waals surface area contributed by atoms with Gasteiger partial charge in [0, 0.05) is 27.8 Å². The molecule has 1 amide bonds. The lowest BCUT2D eigenvalue weighted by Gasteiger charge is -2.11. The van der Waals surface area contributed by atoms with Gasteiger partial charge in [-0.25, -0.2) is 8.42 Å². The Morgan fingerprint density at radius 1 is 1.37 bits per heavy atom. The molecule has 0 spiro atoms. The van der Waals surface area contributed by atoms with Crippen molar-refractivity contribution in [3.63, 3.8) is 0 Å². The normalized spacial score (nSPS) is 11.7. The van der Waals surface area contributed by atoms with E-state index in [0.29, 0.717) is 18.0 Å². The molecule has 106 valence electrons. The minimum absolute atomic E-state index is 0.181. The molecule has 0 heterocycles. The van der Waals surface area contributed by atoms with Gasteiger partial charge in [-0.3, -0.25) is 4.79 Å². The van der Waals surface area contributed by atoms with E-state index in [0.717, 1.165) is 0 Å². The lowest BCUT2D eigenvalue weighted by Crippen LogP contribution is -2.28. The number of carbonyl (C=O) groups excluding carboxylic acids is 1. The zero-order valence-electron chi connectivity index (χ0n) is 10.8. The van der Waals surface area contributed by atoms with Crippen molar-refractivity contribution >= 4 is 37.2 Å². The van der Waals surface area contributed by atoms with E-state index < -0.39 is 9.05 Å². The summed E-state index contributed by atoms with van der Waals surface area (Å²) in [6.45, 7) is 6.06. The van der Waals surface area contributed by atoms with Gasteiger partial charge in [0.05, 0.1) is 4.90 Å². The van der Waals surface area contributed by atoms with Crippen molar-refractivity contribution in [2.24, 2.45) is 5.92 Å². The predicted molar refractivity (Wildman–Crippen MR) is 76.4 cm³/mol. The van der Waals surface area contributed by atoms with Gasteiger partial charge < -0.3 is 5.32 Å². The van der Waals surface area contributed by atoms with Gasteiger partial charge in [0.1, 0.15) is 0 Å². The van der Waals surface area contributed by atoms with Gasteiger partial charge in [-0.1, -0.05) is 25.4 Å². The molecule has 0 aromatic heterocycles. The van der Waals surface area contributed by atoms with Crippen LogP contribution in [0.15, 0.2) is 17.0 Å². The van der Waals surface area contributed by atoms with Gasteiger partial charge in [-0.15, -0.1) is 0 Å². The number of benzene rings is 1. The number of amides is 1. The summed E-state index contributed by atoms with van der Waals surface area (Å²) in [5.74, 6) is -0.0741. The minimum atomic E-state index is -3.92. The monoisotopic (exact) mass is 323 g/mol. The summed E-state index contributed by atoms with van der Waals surface area (Å²) in [5, 5.41) is 2.90. The van der Waals surface area contributed by atoms with E-state index in [1.54, 1.807) is 6.92 Å². The molecule has 0 fully saturated rings. The first-order valence-corrected chi connectivity index (χ1v) is 8.34. The largest absolute Gasteiger partial charge is 0.352 e. The second-order valence-electron chi connectivity index (χ2n) is 4.62. The van der Waals surface area contributed by atoms with Crippen LogP contribution >= 0.6 is 22.3 Å². The molecular formula is C12H15Cl2NO3S. The summed E-state index contributed by atoms with van der Waals surface area (Å²) in [6.07, 6.45) is 0. The summed E-state index contributed by atoms with van der Waals surface area (Å²) in [7, 11) is 1.35. The molecule has 0 saturated carbocycles. The number of rotatable bonds is 4. The van der Waals surface area contributed by atoms with E-state index in [-0.39, 0.29) is 21.4 Å². The molecule has 1 aromatic rings. The fourth-order valence-electron chi connectivity index (χ4n) is 1.42. The van der Waals surface area contributed by atoms with Crippen molar-refractivity contribution in [3.8, 4) is 0 Å². The molecule has 7 heteroatoms. The fourth-order valence-corrected chi connectivity index (χ4v) is 2.49. The average molecular weight is 324 g/mol. The van der Waals surface area contributed by atoms with Crippen LogP contribution < -0.4 is 5.32 Å². The van der Waals surface area contributed by atoms with Gasteiger partial charge >= 0.3 is 0 Å². The number of hydrogen-bond donors (Lipinski definition) is 1. The topological polar surface area (TPSA) is 63.2 Å². The highest BCUT2D eigenvalue weighted by molar-refractivity contribution is 8.13. The number of nitrogens with one attached hydrogen (secondary N) is 1. The second kappa shape index (κ2) is 6.11. The fraction of sp³-hybridized carbons (Fsp3) is 0.417. The van der Waals surface area contributed by atoms with Crippen LogP contribution in [0.1, 0.15) is 29.8 Å². The molecular weight excluding hydrogens is 309 g/mol. The van der Waals surface area contributed by atoms with Gasteiger partial charge in [-0.05, 0) is 30.5 Å². The summed E-state index contributed by atoms with van der Waals surface area (Å²) in [5.41, 5.74) is 0.736.